The van der Waals surface area contributed by atoms with E-state index in [1.807, 2.05) is 26.2 Å². The van der Waals surface area contributed by atoms with Crippen molar-refractivity contribution in [2.75, 3.05) is 18.2 Å². The summed E-state index contributed by atoms with van der Waals surface area (Å²) in [5, 5.41) is 10.8. The fourth-order valence-corrected chi connectivity index (χ4v) is 1.75. The lowest BCUT2D eigenvalue weighted by molar-refractivity contribution is 0.338. The zero-order valence-corrected chi connectivity index (χ0v) is 11.3. The number of hydrogen-bond acceptors (Lipinski definition) is 6. The van der Waals surface area contributed by atoms with Crippen molar-refractivity contribution in [1.29, 1.82) is 0 Å². The average molecular weight is 265 g/mol. The Morgan fingerprint density at radius 3 is 2.94 bits per heavy atom. The van der Waals surface area contributed by atoms with E-state index in [0.29, 0.717) is 29.1 Å². The third kappa shape index (κ3) is 2.92. The van der Waals surface area contributed by atoms with E-state index in [0.717, 1.165) is 5.69 Å². The van der Waals surface area contributed by atoms with Crippen LogP contribution in [0.4, 0.5) is 11.6 Å². The number of nitrogens with one attached hydrogen (secondary N) is 2. The molecule has 0 amide bonds. The van der Waals surface area contributed by atoms with Gasteiger partial charge in [0.15, 0.2) is 22.5 Å². The molecule has 7 heteroatoms. The van der Waals surface area contributed by atoms with Crippen molar-refractivity contribution in [1.82, 2.24) is 20.2 Å². The van der Waals surface area contributed by atoms with Gasteiger partial charge in [0.25, 0.3) is 0 Å². The number of aromatic amines is 1. The highest BCUT2D eigenvalue weighted by Gasteiger charge is 2.09. The van der Waals surface area contributed by atoms with Crippen LogP contribution in [-0.2, 0) is 0 Å². The molecule has 2 heterocycles. The van der Waals surface area contributed by atoms with Crippen molar-refractivity contribution in [2.45, 2.75) is 19.0 Å². The second kappa shape index (κ2) is 5.72. The molecule has 2 N–H and O–H groups in total. The fraction of sp³-hybridized carbons (Fsp3) is 0.364. The number of anilines is 2. The predicted molar refractivity (Wildman–Crippen MR) is 71.6 cm³/mol. The van der Waals surface area contributed by atoms with Gasteiger partial charge >= 0.3 is 0 Å². The highest BCUT2D eigenvalue weighted by Crippen LogP contribution is 2.26. The van der Waals surface area contributed by atoms with Crippen LogP contribution in [0, 0.1) is 6.92 Å². The molecule has 6 nitrogen and oxygen atoms in total. The summed E-state index contributed by atoms with van der Waals surface area (Å²) in [6.45, 7) is 4.43. The van der Waals surface area contributed by atoms with E-state index in [1.54, 1.807) is 6.20 Å². The van der Waals surface area contributed by atoms with Crippen molar-refractivity contribution < 1.29 is 4.74 Å². The Kier molecular flexibility index (Phi) is 4.03. The van der Waals surface area contributed by atoms with Crippen LogP contribution in [0.25, 0.3) is 0 Å². The third-order valence-electron chi connectivity index (χ3n) is 2.17. The molecule has 0 bridgehead atoms. The second-order valence-electron chi connectivity index (χ2n) is 3.56. The number of H-pyrrole nitrogens is 1. The Morgan fingerprint density at radius 2 is 2.33 bits per heavy atom. The summed E-state index contributed by atoms with van der Waals surface area (Å²) in [6, 6.07) is 1.90. The molecule has 0 aliphatic rings. The zero-order valence-electron chi connectivity index (χ0n) is 10.5. The molecule has 0 atom stereocenters. The number of thioether (sulfide) groups is 1. The molecule has 2 aromatic heterocycles. The minimum absolute atomic E-state index is 0.566. The van der Waals surface area contributed by atoms with Crippen LogP contribution < -0.4 is 10.1 Å². The predicted octanol–water partition coefficient (Wildman–Crippen LogP) is 2.37. The summed E-state index contributed by atoms with van der Waals surface area (Å²) in [5.74, 6) is 1.96. The maximum Gasteiger partial charge on any atom is 0.189 e. The van der Waals surface area contributed by atoms with Gasteiger partial charge in [0, 0.05) is 11.8 Å². The molecule has 18 heavy (non-hydrogen) atoms. The summed E-state index contributed by atoms with van der Waals surface area (Å²) in [7, 11) is 0. The molecule has 2 aromatic rings. The monoisotopic (exact) mass is 265 g/mol. The maximum atomic E-state index is 5.48. The molecule has 0 aliphatic carbocycles. The Hall–Kier alpha value is -1.76. The fourth-order valence-electron chi connectivity index (χ4n) is 1.41. The largest absolute Gasteiger partial charge is 0.488 e. The molecule has 0 unspecified atom stereocenters. The normalized spacial score (nSPS) is 10.4. The molecule has 0 aliphatic heterocycles. The number of aromatic nitrogens is 4. The SMILES string of the molecule is CCOc1cnc(SC)nc1Nc1cc(C)[nH]n1. The summed E-state index contributed by atoms with van der Waals surface area (Å²) in [6.07, 6.45) is 3.60. The van der Waals surface area contributed by atoms with Gasteiger partial charge in [-0.1, -0.05) is 11.8 Å². The summed E-state index contributed by atoms with van der Waals surface area (Å²) >= 11 is 1.48. The smallest absolute Gasteiger partial charge is 0.189 e. The van der Waals surface area contributed by atoms with E-state index in [1.165, 1.54) is 11.8 Å². The van der Waals surface area contributed by atoms with Crippen molar-refractivity contribution >= 4 is 23.4 Å². The van der Waals surface area contributed by atoms with Crippen molar-refractivity contribution in [3.8, 4) is 5.75 Å². The van der Waals surface area contributed by atoms with E-state index >= 15 is 0 Å². The molecule has 2 rings (SSSR count). The number of aryl methyl sites for hydroxylation is 1. The molecular formula is C11H15N5OS. The van der Waals surface area contributed by atoms with E-state index in [4.69, 9.17) is 4.74 Å². The summed E-state index contributed by atoms with van der Waals surface area (Å²) in [4.78, 5) is 8.56. The van der Waals surface area contributed by atoms with Gasteiger partial charge in [-0.3, -0.25) is 5.10 Å². The molecule has 0 saturated carbocycles. The third-order valence-corrected chi connectivity index (χ3v) is 2.73. The highest BCUT2D eigenvalue weighted by molar-refractivity contribution is 7.98. The van der Waals surface area contributed by atoms with Crippen LogP contribution in [0.3, 0.4) is 0 Å². The molecular weight excluding hydrogens is 250 g/mol. The van der Waals surface area contributed by atoms with Crippen LogP contribution in [0.5, 0.6) is 5.75 Å². The van der Waals surface area contributed by atoms with Crippen LogP contribution in [-0.4, -0.2) is 33.0 Å². The van der Waals surface area contributed by atoms with Gasteiger partial charge in [0.2, 0.25) is 0 Å². The van der Waals surface area contributed by atoms with Crippen molar-refractivity contribution in [2.24, 2.45) is 0 Å². The average Bonchev–Trinajstić information content (AvgIpc) is 2.77. The topological polar surface area (TPSA) is 75.7 Å². The quantitative estimate of drug-likeness (QED) is 0.638. The van der Waals surface area contributed by atoms with E-state index in [2.05, 4.69) is 25.5 Å². The Bertz CT molecular complexity index is 528. The number of hydrogen-bond donors (Lipinski definition) is 2. The zero-order chi connectivity index (χ0) is 13.0. The van der Waals surface area contributed by atoms with Gasteiger partial charge < -0.3 is 10.1 Å². The van der Waals surface area contributed by atoms with Crippen molar-refractivity contribution in [3.05, 3.63) is 18.0 Å². The van der Waals surface area contributed by atoms with E-state index in [-0.39, 0.29) is 0 Å². The first-order valence-corrected chi connectivity index (χ1v) is 6.78. The number of ether oxygens (including phenoxy) is 1. The first kappa shape index (κ1) is 12.7. The van der Waals surface area contributed by atoms with Crippen LogP contribution in [0.15, 0.2) is 17.4 Å². The van der Waals surface area contributed by atoms with E-state index < -0.39 is 0 Å². The minimum Gasteiger partial charge on any atom is -0.488 e. The molecule has 0 fully saturated rings. The van der Waals surface area contributed by atoms with Crippen LogP contribution in [0.2, 0.25) is 0 Å². The van der Waals surface area contributed by atoms with Crippen molar-refractivity contribution in [3.63, 3.8) is 0 Å². The summed E-state index contributed by atoms with van der Waals surface area (Å²) < 4.78 is 5.48. The molecule has 0 radical (unpaired) electrons. The van der Waals surface area contributed by atoms with Gasteiger partial charge in [-0.05, 0) is 20.1 Å². The van der Waals surface area contributed by atoms with E-state index in [9.17, 15) is 0 Å². The number of rotatable bonds is 5. The standard InChI is InChI=1S/C11H15N5OS/c1-4-17-8-6-12-11(18-3)14-10(8)13-9-5-7(2)15-16-9/h5-6H,4H2,1-3H3,(H2,12,13,14,15,16). The lowest BCUT2D eigenvalue weighted by Crippen LogP contribution is -2.02. The maximum absolute atomic E-state index is 5.48. The van der Waals surface area contributed by atoms with Crippen LogP contribution in [0.1, 0.15) is 12.6 Å². The molecule has 0 saturated heterocycles. The van der Waals surface area contributed by atoms with Gasteiger partial charge in [-0.25, -0.2) is 9.97 Å². The summed E-state index contributed by atoms with van der Waals surface area (Å²) in [5.41, 5.74) is 0.981. The Labute approximate surface area is 110 Å². The Balaban J connectivity index is 2.28. The first-order chi connectivity index (χ1) is 8.72. The Morgan fingerprint density at radius 1 is 1.50 bits per heavy atom. The van der Waals surface area contributed by atoms with Gasteiger partial charge in [0.1, 0.15) is 0 Å². The highest BCUT2D eigenvalue weighted by atomic mass is 32.2. The van der Waals surface area contributed by atoms with Crippen LogP contribution >= 0.6 is 11.8 Å². The second-order valence-corrected chi connectivity index (χ2v) is 4.34. The lowest BCUT2D eigenvalue weighted by atomic mass is 10.4. The van der Waals surface area contributed by atoms with Gasteiger partial charge in [-0.15, -0.1) is 0 Å². The van der Waals surface area contributed by atoms with Gasteiger partial charge in [0.05, 0.1) is 12.8 Å². The minimum atomic E-state index is 0.566. The molecule has 0 spiro atoms. The molecule has 0 aromatic carbocycles. The van der Waals surface area contributed by atoms with Gasteiger partial charge in [-0.2, -0.15) is 5.10 Å². The molecule has 96 valence electrons. The number of nitrogens with zero attached hydrogens (tertiary/aromatic N) is 3. The first-order valence-electron chi connectivity index (χ1n) is 5.55. The lowest BCUT2D eigenvalue weighted by Gasteiger charge is -2.09.